The van der Waals surface area contributed by atoms with Crippen LogP contribution in [-0.4, -0.2) is 53.5 Å². The molecule has 0 bridgehead atoms. The van der Waals surface area contributed by atoms with Crippen molar-refractivity contribution in [1.29, 1.82) is 0 Å². The van der Waals surface area contributed by atoms with E-state index in [9.17, 15) is 32.3 Å². The summed E-state index contributed by atoms with van der Waals surface area (Å²) in [6.45, 7) is 3.18. The molecular formula is C27H33F3N4O5. The summed E-state index contributed by atoms with van der Waals surface area (Å²) in [5.41, 5.74) is 6.20. The lowest BCUT2D eigenvalue weighted by molar-refractivity contribution is -0.138. The SMILES string of the molecule is CCOC(=O)/C=C/C(CCC(N)=O)NC(=O)C(Cc1ccccc1)NC(=O)c1ccc(C(C)CC(F)(F)F)[nH]1. The van der Waals surface area contributed by atoms with Gasteiger partial charge in [0.05, 0.1) is 13.0 Å². The molecule has 0 saturated carbocycles. The second-order valence-corrected chi connectivity index (χ2v) is 8.99. The minimum absolute atomic E-state index is 0.00243. The Labute approximate surface area is 224 Å². The molecule has 1 aromatic carbocycles. The van der Waals surface area contributed by atoms with Gasteiger partial charge in [-0.3, -0.25) is 14.4 Å². The third-order valence-electron chi connectivity index (χ3n) is 5.71. The van der Waals surface area contributed by atoms with Crippen molar-refractivity contribution in [2.24, 2.45) is 5.73 Å². The molecule has 2 rings (SSSR count). The number of nitrogens with two attached hydrogens (primary N) is 1. The van der Waals surface area contributed by atoms with E-state index >= 15 is 0 Å². The molecule has 0 aliphatic heterocycles. The average Bonchev–Trinajstić information content (AvgIpc) is 3.36. The van der Waals surface area contributed by atoms with Crippen LogP contribution in [0.3, 0.4) is 0 Å². The van der Waals surface area contributed by atoms with Crippen LogP contribution in [0.5, 0.6) is 0 Å². The van der Waals surface area contributed by atoms with Crippen LogP contribution in [0.2, 0.25) is 0 Å². The normalized spacial score (nSPS) is 13.9. The number of H-pyrrole nitrogens is 1. The first-order chi connectivity index (χ1) is 18.4. The van der Waals surface area contributed by atoms with Gasteiger partial charge in [-0.1, -0.05) is 43.3 Å². The van der Waals surface area contributed by atoms with Crippen LogP contribution < -0.4 is 16.4 Å². The Morgan fingerprint density at radius 3 is 2.38 bits per heavy atom. The summed E-state index contributed by atoms with van der Waals surface area (Å²) in [4.78, 5) is 52.0. The molecule has 0 fully saturated rings. The number of carbonyl (C=O) groups is 4. The van der Waals surface area contributed by atoms with Gasteiger partial charge in [0.1, 0.15) is 11.7 Å². The molecule has 1 heterocycles. The van der Waals surface area contributed by atoms with E-state index in [4.69, 9.17) is 10.5 Å². The molecule has 3 atom stereocenters. The molecule has 3 unspecified atom stereocenters. The van der Waals surface area contributed by atoms with E-state index in [1.165, 1.54) is 25.1 Å². The van der Waals surface area contributed by atoms with Crippen molar-refractivity contribution in [3.63, 3.8) is 0 Å². The van der Waals surface area contributed by atoms with Crippen molar-refractivity contribution in [1.82, 2.24) is 15.6 Å². The lowest BCUT2D eigenvalue weighted by atomic mass is 10.0. The standard InChI is InChI=1S/C27H33F3N4O5/c1-3-39-24(36)14-10-19(9-13-23(31)35)32-26(38)22(15-18-7-5-4-6-8-18)34-25(37)21-12-11-20(33-21)17(2)16-27(28,29)30/h4-8,10-12,14,17,19,22,33H,3,9,13,15-16H2,1-2H3,(H2,31,35)(H,32,38)(H,34,37)/b14-10+. The molecule has 2 aromatic rings. The second-order valence-electron chi connectivity index (χ2n) is 8.99. The zero-order valence-corrected chi connectivity index (χ0v) is 21.7. The lowest BCUT2D eigenvalue weighted by Crippen LogP contribution is -2.50. The van der Waals surface area contributed by atoms with E-state index in [2.05, 4.69) is 15.6 Å². The summed E-state index contributed by atoms with van der Waals surface area (Å²) < 4.78 is 43.2. The van der Waals surface area contributed by atoms with Crippen LogP contribution >= 0.6 is 0 Å². The van der Waals surface area contributed by atoms with Crippen molar-refractivity contribution < 1.29 is 37.1 Å². The molecule has 0 saturated heterocycles. The first-order valence-electron chi connectivity index (χ1n) is 12.4. The number of hydrogen-bond donors (Lipinski definition) is 4. The van der Waals surface area contributed by atoms with Crippen LogP contribution in [0, 0.1) is 0 Å². The van der Waals surface area contributed by atoms with Gasteiger partial charge in [-0.15, -0.1) is 0 Å². The van der Waals surface area contributed by atoms with Crippen molar-refractivity contribution in [2.45, 2.75) is 63.7 Å². The Bertz CT molecular complexity index is 1150. The van der Waals surface area contributed by atoms with Gasteiger partial charge in [0, 0.05) is 36.6 Å². The minimum atomic E-state index is -4.36. The van der Waals surface area contributed by atoms with E-state index in [0.29, 0.717) is 0 Å². The number of aromatic amines is 1. The van der Waals surface area contributed by atoms with Gasteiger partial charge in [-0.25, -0.2) is 4.79 Å². The van der Waals surface area contributed by atoms with Crippen molar-refractivity contribution in [3.8, 4) is 0 Å². The first-order valence-corrected chi connectivity index (χ1v) is 12.4. The number of nitrogens with one attached hydrogen (secondary N) is 3. The van der Waals surface area contributed by atoms with Gasteiger partial charge in [0.15, 0.2) is 0 Å². The quantitative estimate of drug-likeness (QED) is 0.211. The summed E-state index contributed by atoms with van der Waals surface area (Å²) in [7, 11) is 0. The van der Waals surface area contributed by atoms with E-state index in [1.54, 1.807) is 37.3 Å². The minimum Gasteiger partial charge on any atom is -0.463 e. The van der Waals surface area contributed by atoms with Crippen LogP contribution in [0.1, 0.15) is 60.8 Å². The van der Waals surface area contributed by atoms with Gasteiger partial charge in [-0.05, 0) is 31.0 Å². The number of aromatic nitrogens is 1. The van der Waals surface area contributed by atoms with Gasteiger partial charge in [0.2, 0.25) is 11.8 Å². The van der Waals surface area contributed by atoms with E-state index < -0.39 is 54.3 Å². The summed E-state index contributed by atoms with van der Waals surface area (Å²) >= 11 is 0. The highest BCUT2D eigenvalue weighted by Crippen LogP contribution is 2.30. The fourth-order valence-corrected chi connectivity index (χ4v) is 3.77. The molecule has 3 amide bonds. The zero-order valence-electron chi connectivity index (χ0n) is 21.7. The molecule has 0 radical (unpaired) electrons. The number of benzene rings is 1. The molecule has 12 heteroatoms. The van der Waals surface area contributed by atoms with Crippen LogP contribution in [-0.2, 0) is 25.5 Å². The largest absolute Gasteiger partial charge is 0.463 e. The molecule has 0 spiro atoms. The predicted molar refractivity (Wildman–Crippen MR) is 137 cm³/mol. The Morgan fingerprint density at radius 1 is 1.08 bits per heavy atom. The number of alkyl halides is 3. The summed E-state index contributed by atoms with van der Waals surface area (Å²) in [5, 5.41) is 5.33. The fourth-order valence-electron chi connectivity index (χ4n) is 3.77. The third kappa shape index (κ3) is 11.5. The molecule has 0 aliphatic carbocycles. The lowest BCUT2D eigenvalue weighted by Gasteiger charge is -2.22. The number of hydrogen-bond acceptors (Lipinski definition) is 5. The maximum absolute atomic E-state index is 13.3. The Morgan fingerprint density at radius 2 is 1.77 bits per heavy atom. The summed E-state index contributed by atoms with van der Waals surface area (Å²) in [6.07, 6.45) is -2.80. The van der Waals surface area contributed by atoms with E-state index in [0.717, 1.165) is 11.6 Å². The first kappa shape index (κ1) is 31.1. The predicted octanol–water partition coefficient (Wildman–Crippen LogP) is 3.28. The maximum atomic E-state index is 13.3. The monoisotopic (exact) mass is 550 g/mol. The third-order valence-corrected chi connectivity index (χ3v) is 5.71. The van der Waals surface area contributed by atoms with E-state index in [1.807, 2.05) is 0 Å². The smallest absolute Gasteiger partial charge is 0.389 e. The van der Waals surface area contributed by atoms with Gasteiger partial charge < -0.3 is 26.1 Å². The van der Waals surface area contributed by atoms with Crippen molar-refractivity contribution >= 4 is 23.7 Å². The van der Waals surface area contributed by atoms with Crippen molar-refractivity contribution in [2.75, 3.05) is 6.61 Å². The highest BCUT2D eigenvalue weighted by atomic mass is 19.4. The Hall–Kier alpha value is -4.09. The molecule has 212 valence electrons. The Kier molecular flexibility index (Phi) is 11.8. The van der Waals surface area contributed by atoms with Crippen LogP contribution in [0.15, 0.2) is 54.6 Å². The highest BCUT2D eigenvalue weighted by molar-refractivity contribution is 5.96. The van der Waals surface area contributed by atoms with Gasteiger partial charge in [0.25, 0.3) is 5.91 Å². The van der Waals surface area contributed by atoms with Gasteiger partial charge >= 0.3 is 12.1 Å². The van der Waals surface area contributed by atoms with Crippen LogP contribution in [0.25, 0.3) is 0 Å². The number of esters is 1. The Balaban J connectivity index is 2.22. The fraction of sp³-hybridized carbons (Fsp3) is 0.407. The number of ether oxygens (including phenoxy) is 1. The maximum Gasteiger partial charge on any atom is 0.389 e. The number of primary amides is 1. The molecular weight excluding hydrogens is 517 g/mol. The molecule has 1 aromatic heterocycles. The zero-order chi connectivity index (χ0) is 29.0. The molecule has 39 heavy (non-hydrogen) atoms. The van der Waals surface area contributed by atoms with Crippen LogP contribution in [0.4, 0.5) is 13.2 Å². The van der Waals surface area contributed by atoms with Crippen molar-refractivity contribution in [3.05, 3.63) is 71.6 Å². The summed E-state index contributed by atoms with van der Waals surface area (Å²) in [5.74, 6) is -3.42. The molecule has 9 nitrogen and oxygen atoms in total. The second kappa shape index (κ2) is 14.7. The summed E-state index contributed by atoms with van der Waals surface area (Å²) in [6, 6.07) is 9.75. The number of carbonyl (C=O) groups excluding carboxylic acids is 4. The molecule has 0 aliphatic rings. The van der Waals surface area contributed by atoms with Gasteiger partial charge in [-0.2, -0.15) is 13.2 Å². The molecule has 5 N–H and O–H groups in total. The number of amides is 3. The highest BCUT2D eigenvalue weighted by Gasteiger charge is 2.31. The van der Waals surface area contributed by atoms with E-state index in [-0.39, 0.29) is 37.3 Å². The number of rotatable bonds is 14. The number of halogens is 3. The average molecular weight is 551 g/mol. The topological polar surface area (TPSA) is 143 Å².